The van der Waals surface area contributed by atoms with Gasteiger partial charge in [0.15, 0.2) is 0 Å². The molecule has 2 aromatic carbocycles. The SMILES string of the molecule is Cc1ccc([C@@H](CC[NH2+][C@@H](C)c2ccc(Cl)cc2)c2ccco2)cc1. The Bertz CT molecular complexity index is 763. The zero-order chi connectivity index (χ0) is 17.6. The number of rotatable bonds is 7. The van der Waals surface area contributed by atoms with Crippen molar-refractivity contribution in [2.45, 2.75) is 32.2 Å². The summed E-state index contributed by atoms with van der Waals surface area (Å²) in [5, 5.41) is 3.17. The highest BCUT2D eigenvalue weighted by atomic mass is 35.5. The van der Waals surface area contributed by atoms with Crippen LogP contribution >= 0.6 is 11.6 Å². The molecule has 0 spiro atoms. The van der Waals surface area contributed by atoms with Crippen molar-refractivity contribution in [2.24, 2.45) is 0 Å². The Morgan fingerprint density at radius 3 is 2.28 bits per heavy atom. The van der Waals surface area contributed by atoms with E-state index in [0.29, 0.717) is 12.0 Å². The number of quaternary nitrogens is 1. The molecule has 1 aromatic heterocycles. The Labute approximate surface area is 154 Å². The predicted molar refractivity (Wildman–Crippen MR) is 103 cm³/mol. The molecule has 2 nitrogen and oxygen atoms in total. The van der Waals surface area contributed by atoms with E-state index in [-0.39, 0.29) is 0 Å². The molecule has 0 unspecified atom stereocenters. The molecule has 0 radical (unpaired) electrons. The Morgan fingerprint density at radius 2 is 1.64 bits per heavy atom. The van der Waals surface area contributed by atoms with Gasteiger partial charge in [-0.15, -0.1) is 0 Å². The highest BCUT2D eigenvalue weighted by Crippen LogP contribution is 2.28. The van der Waals surface area contributed by atoms with Gasteiger partial charge in [0.2, 0.25) is 0 Å². The summed E-state index contributed by atoms with van der Waals surface area (Å²) in [6, 6.07) is 21.4. The first kappa shape index (κ1) is 17.8. The number of halogens is 1. The van der Waals surface area contributed by atoms with Crippen LogP contribution in [-0.2, 0) is 0 Å². The standard InChI is InChI=1S/C22H24ClNO/c1-16-5-7-19(8-6-16)21(22-4-3-15-25-22)13-14-24-17(2)18-9-11-20(23)12-10-18/h3-12,15,17,21,24H,13-14H2,1-2H3/p+1/t17-,21+/m0/s1. The summed E-state index contributed by atoms with van der Waals surface area (Å²) in [6.45, 7) is 5.38. The van der Waals surface area contributed by atoms with Gasteiger partial charge in [0.05, 0.1) is 12.8 Å². The van der Waals surface area contributed by atoms with Crippen molar-refractivity contribution >= 4 is 11.6 Å². The number of hydrogen-bond donors (Lipinski definition) is 1. The highest BCUT2D eigenvalue weighted by molar-refractivity contribution is 6.30. The predicted octanol–water partition coefficient (Wildman–Crippen LogP) is 5.09. The maximum absolute atomic E-state index is 5.98. The summed E-state index contributed by atoms with van der Waals surface area (Å²) < 4.78 is 5.71. The van der Waals surface area contributed by atoms with Crippen LogP contribution in [0.2, 0.25) is 5.02 Å². The third-order valence-electron chi connectivity index (χ3n) is 4.74. The van der Waals surface area contributed by atoms with Crippen LogP contribution in [0.3, 0.4) is 0 Å². The van der Waals surface area contributed by atoms with E-state index in [1.54, 1.807) is 6.26 Å². The van der Waals surface area contributed by atoms with Crippen LogP contribution < -0.4 is 5.32 Å². The molecule has 0 aliphatic rings. The van der Waals surface area contributed by atoms with Gasteiger partial charge in [-0.25, -0.2) is 0 Å². The molecule has 0 saturated heterocycles. The lowest BCUT2D eigenvalue weighted by Gasteiger charge is -2.17. The highest BCUT2D eigenvalue weighted by Gasteiger charge is 2.18. The van der Waals surface area contributed by atoms with Crippen molar-refractivity contribution < 1.29 is 9.73 Å². The summed E-state index contributed by atoms with van der Waals surface area (Å²) in [5.41, 5.74) is 3.90. The van der Waals surface area contributed by atoms with Crippen molar-refractivity contribution in [3.8, 4) is 0 Å². The quantitative estimate of drug-likeness (QED) is 0.629. The molecule has 130 valence electrons. The molecule has 0 saturated carbocycles. The maximum atomic E-state index is 5.98. The minimum atomic E-state index is 0.296. The van der Waals surface area contributed by atoms with Crippen molar-refractivity contribution in [2.75, 3.05) is 6.54 Å². The molecule has 3 heteroatoms. The fraction of sp³-hybridized carbons (Fsp3) is 0.273. The monoisotopic (exact) mass is 354 g/mol. The summed E-state index contributed by atoms with van der Waals surface area (Å²) in [4.78, 5) is 0. The van der Waals surface area contributed by atoms with Crippen molar-refractivity contribution in [3.05, 3.63) is 94.4 Å². The second-order valence-electron chi connectivity index (χ2n) is 6.63. The van der Waals surface area contributed by atoms with Gasteiger partial charge in [-0.2, -0.15) is 0 Å². The zero-order valence-electron chi connectivity index (χ0n) is 14.8. The van der Waals surface area contributed by atoms with Gasteiger partial charge < -0.3 is 9.73 Å². The van der Waals surface area contributed by atoms with E-state index in [9.17, 15) is 0 Å². The fourth-order valence-corrected chi connectivity index (χ4v) is 3.30. The number of benzene rings is 2. The van der Waals surface area contributed by atoms with Gasteiger partial charge in [-0.05, 0) is 43.7 Å². The van der Waals surface area contributed by atoms with Crippen LogP contribution in [0.15, 0.2) is 71.3 Å². The third kappa shape index (κ3) is 4.75. The molecular weight excluding hydrogens is 330 g/mol. The first-order chi connectivity index (χ1) is 12.1. The molecule has 3 rings (SSSR count). The summed E-state index contributed by atoms with van der Waals surface area (Å²) in [6.07, 6.45) is 2.80. The van der Waals surface area contributed by atoms with E-state index in [0.717, 1.165) is 23.7 Å². The molecule has 25 heavy (non-hydrogen) atoms. The summed E-state index contributed by atoms with van der Waals surface area (Å²) >= 11 is 5.98. The van der Waals surface area contributed by atoms with Gasteiger partial charge in [0.1, 0.15) is 11.8 Å². The third-order valence-corrected chi connectivity index (χ3v) is 4.99. The van der Waals surface area contributed by atoms with Gasteiger partial charge in [-0.1, -0.05) is 53.6 Å². The van der Waals surface area contributed by atoms with Gasteiger partial charge in [0.25, 0.3) is 0 Å². The normalized spacial score (nSPS) is 13.6. The lowest BCUT2D eigenvalue weighted by molar-refractivity contribution is -0.693. The Morgan fingerprint density at radius 1 is 0.960 bits per heavy atom. The largest absolute Gasteiger partial charge is 0.469 e. The second-order valence-corrected chi connectivity index (χ2v) is 7.07. The van der Waals surface area contributed by atoms with Crippen LogP contribution in [0.5, 0.6) is 0 Å². The molecule has 2 N–H and O–H groups in total. The topological polar surface area (TPSA) is 29.8 Å². The van der Waals surface area contributed by atoms with Crippen LogP contribution in [0, 0.1) is 6.92 Å². The molecule has 0 aliphatic carbocycles. The summed E-state index contributed by atoms with van der Waals surface area (Å²) in [7, 11) is 0. The molecule has 0 amide bonds. The number of nitrogens with two attached hydrogens (primary N) is 1. The lowest BCUT2D eigenvalue weighted by Crippen LogP contribution is -2.84. The molecule has 0 bridgehead atoms. The molecule has 0 aliphatic heterocycles. The van der Waals surface area contributed by atoms with Crippen LogP contribution in [0.25, 0.3) is 0 Å². The van der Waals surface area contributed by atoms with E-state index < -0.39 is 0 Å². The molecule has 1 heterocycles. The van der Waals surface area contributed by atoms with Crippen LogP contribution in [-0.4, -0.2) is 6.54 Å². The van der Waals surface area contributed by atoms with Gasteiger partial charge >= 0.3 is 0 Å². The van der Waals surface area contributed by atoms with Crippen molar-refractivity contribution in [3.63, 3.8) is 0 Å². The zero-order valence-corrected chi connectivity index (χ0v) is 15.5. The lowest BCUT2D eigenvalue weighted by atomic mass is 9.92. The number of hydrogen-bond acceptors (Lipinski definition) is 1. The Balaban J connectivity index is 1.65. The van der Waals surface area contributed by atoms with E-state index in [4.69, 9.17) is 16.0 Å². The van der Waals surface area contributed by atoms with E-state index >= 15 is 0 Å². The molecular formula is C22H25ClNO+. The minimum absolute atomic E-state index is 0.296. The van der Waals surface area contributed by atoms with E-state index in [1.165, 1.54) is 16.7 Å². The van der Waals surface area contributed by atoms with E-state index in [2.05, 4.69) is 61.6 Å². The number of aryl methyl sites for hydroxylation is 1. The van der Waals surface area contributed by atoms with Crippen LogP contribution in [0.1, 0.15) is 47.8 Å². The number of furan rings is 1. The first-order valence-corrected chi connectivity index (χ1v) is 9.20. The minimum Gasteiger partial charge on any atom is -0.469 e. The maximum Gasteiger partial charge on any atom is 0.111 e. The smallest absolute Gasteiger partial charge is 0.111 e. The van der Waals surface area contributed by atoms with Crippen molar-refractivity contribution in [1.82, 2.24) is 0 Å². The average molecular weight is 355 g/mol. The molecule has 0 fully saturated rings. The van der Waals surface area contributed by atoms with Crippen molar-refractivity contribution in [1.29, 1.82) is 0 Å². The molecule has 3 aromatic rings. The van der Waals surface area contributed by atoms with Gasteiger partial charge in [0, 0.05) is 22.9 Å². The Kier molecular flexibility index (Phi) is 5.95. The van der Waals surface area contributed by atoms with Gasteiger partial charge in [-0.3, -0.25) is 0 Å². The molecule has 2 atom stereocenters. The fourth-order valence-electron chi connectivity index (χ4n) is 3.18. The second kappa shape index (κ2) is 8.37. The average Bonchev–Trinajstić information content (AvgIpc) is 3.14. The Hall–Kier alpha value is -2.03. The van der Waals surface area contributed by atoms with Crippen LogP contribution in [0.4, 0.5) is 0 Å². The first-order valence-electron chi connectivity index (χ1n) is 8.82. The summed E-state index contributed by atoms with van der Waals surface area (Å²) in [5.74, 6) is 1.33. The van der Waals surface area contributed by atoms with E-state index in [1.807, 2.05) is 18.2 Å².